The molecule has 0 amide bonds. The largest absolute Gasteiger partial charge is 0.0811 e. The van der Waals surface area contributed by atoms with Gasteiger partial charge in [-0.2, -0.15) is 0 Å². The summed E-state index contributed by atoms with van der Waals surface area (Å²) in [4.78, 5) is 0. The minimum atomic E-state index is 1.07. The normalized spacial score (nSPS) is 10.1. The first-order valence-electron chi connectivity index (χ1n) is 3.61. The molecule has 0 heterocycles. The molecule has 0 aliphatic heterocycles. The van der Waals surface area contributed by atoms with E-state index in [9.17, 15) is 0 Å². The fourth-order valence-corrected chi connectivity index (χ4v) is 2.67. The average Bonchev–Trinajstić information content (AvgIpc) is 2.04. The Bertz CT molecular complexity index is 245. The molecule has 60 valence electrons. The summed E-state index contributed by atoms with van der Waals surface area (Å²) in [6.07, 6.45) is 1.11. The molecule has 0 nitrogen and oxygen atoms in total. The second kappa shape index (κ2) is 4.45. The summed E-state index contributed by atoms with van der Waals surface area (Å²) < 4.78 is 2.31. The van der Waals surface area contributed by atoms with Gasteiger partial charge in [0.25, 0.3) is 0 Å². The van der Waals surface area contributed by atoms with Crippen molar-refractivity contribution in [3.63, 3.8) is 0 Å². The third-order valence-corrected chi connectivity index (χ3v) is 3.23. The first kappa shape index (κ1) is 9.52. The number of rotatable bonds is 2. The summed E-state index contributed by atoms with van der Waals surface area (Å²) in [5.41, 5.74) is 2.77. The average molecular weight is 325 g/mol. The zero-order valence-electron chi connectivity index (χ0n) is 6.40. The molecule has 0 N–H and O–H groups in total. The number of halogens is 2. The molecule has 0 atom stereocenters. The lowest BCUT2D eigenvalue weighted by Crippen LogP contribution is -1.84. The van der Waals surface area contributed by atoms with Gasteiger partial charge >= 0.3 is 0 Å². The summed E-state index contributed by atoms with van der Waals surface area (Å²) in [6, 6.07) is 6.59. The highest BCUT2D eigenvalue weighted by Gasteiger charge is 1.97. The van der Waals surface area contributed by atoms with Gasteiger partial charge in [0.2, 0.25) is 0 Å². The minimum Gasteiger partial charge on any atom is -0.0811 e. The monoisotopic (exact) mass is 324 g/mol. The number of hydrogen-bond donors (Lipinski definition) is 0. The van der Waals surface area contributed by atoms with Crippen LogP contribution in [0.5, 0.6) is 0 Å². The second-order valence-corrected chi connectivity index (χ2v) is 4.03. The van der Waals surface area contributed by atoms with Crippen molar-refractivity contribution in [1.29, 1.82) is 0 Å². The van der Waals surface area contributed by atoms with Crippen LogP contribution in [0.2, 0.25) is 0 Å². The summed E-state index contributed by atoms with van der Waals surface area (Å²) >= 11 is 5.92. The smallest absolute Gasteiger partial charge is 0.0258 e. The van der Waals surface area contributed by atoms with Crippen LogP contribution in [0.1, 0.15) is 18.1 Å². The molecule has 0 radical (unpaired) electrons. The third-order valence-electron chi connectivity index (χ3n) is 1.67. The molecule has 0 fully saturated rings. The Balaban J connectivity index is 2.99. The van der Waals surface area contributed by atoms with Gasteiger partial charge in [0.1, 0.15) is 0 Å². The maximum absolute atomic E-state index is 3.54. The molecule has 2 heteroatoms. The van der Waals surface area contributed by atoms with Crippen LogP contribution in [0.15, 0.2) is 22.7 Å². The van der Waals surface area contributed by atoms with Crippen LogP contribution in [0.4, 0.5) is 0 Å². The fourth-order valence-electron chi connectivity index (χ4n) is 0.919. The van der Waals surface area contributed by atoms with E-state index >= 15 is 0 Å². The summed E-state index contributed by atoms with van der Waals surface area (Å²) in [5.74, 6) is 0. The van der Waals surface area contributed by atoms with Crippen molar-refractivity contribution in [2.75, 3.05) is 0 Å². The van der Waals surface area contributed by atoms with Crippen LogP contribution in [0, 0.1) is 0 Å². The third kappa shape index (κ3) is 2.44. The Hall–Kier alpha value is 0.430. The van der Waals surface area contributed by atoms with Gasteiger partial charge in [-0.3, -0.25) is 0 Å². The zero-order valence-corrected chi connectivity index (χ0v) is 10.1. The van der Waals surface area contributed by atoms with E-state index < -0.39 is 0 Å². The van der Waals surface area contributed by atoms with Crippen LogP contribution in [-0.2, 0) is 10.8 Å². The Morgan fingerprint density at radius 3 is 2.64 bits per heavy atom. The van der Waals surface area contributed by atoms with Gasteiger partial charge < -0.3 is 0 Å². The predicted molar refractivity (Wildman–Crippen MR) is 61.2 cm³/mol. The molecule has 0 saturated heterocycles. The van der Waals surface area contributed by atoms with E-state index in [0.717, 1.165) is 10.8 Å². The molecule has 0 aliphatic carbocycles. The van der Waals surface area contributed by atoms with Gasteiger partial charge in [0.15, 0.2) is 0 Å². The maximum atomic E-state index is 3.54. The SMILES string of the molecule is CCc1ccc(CI)c(Br)c1. The Kier molecular flexibility index (Phi) is 3.85. The van der Waals surface area contributed by atoms with Gasteiger partial charge in [-0.05, 0) is 23.6 Å². The lowest BCUT2D eigenvalue weighted by molar-refractivity contribution is 1.13. The van der Waals surface area contributed by atoms with Crippen molar-refractivity contribution in [3.05, 3.63) is 33.8 Å². The maximum Gasteiger partial charge on any atom is 0.0258 e. The van der Waals surface area contributed by atoms with Crippen LogP contribution in [0.3, 0.4) is 0 Å². The molecule has 0 aromatic heterocycles. The van der Waals surface area contributed by atoms with Gasteiger partial charge in [-0.15, -0.1) is 0 Å². The Labute approximate surface area is 89.7 Å². The van der Waals surface area contributed by atoms with Crippen molar-refractivity contribution < 1.29 is 0 Å². The quantitative estimate of drug-likeness (QED) is 0.571. The van der Waals surface area contributed by atoms with Gasteiger partial charge in [-0.25, -0.2) is 0 Å². The molecule has 0 aliphatic rings. The van der Waals surface area contributed by atoms with Gasteiger partial charge in [-0.1, -0.05) is 57.6 Å². The van der Waals surface area contributed by atoms with E-state index in [1.165, 1.54) is 15.6 Å². The van der Waals surface area contributed by atoms with Crippen molar-refractivity contribution in [3.8, 4) is 0 Å². The van der Waals surface area contributed by atoms with Crippen molar-refractivity contribution in [1.82, 2.24) is 0 Å². The molecule has 0 bridgehead atoms. The highest BCUT2D eigenvalue weighted by Crippen LogP contribution is 2.21. The first-order chi connectivity index (χ1) is 5.27. The minimum absolute atomic E-state index is 1.07. The molecular formula is C9H10BrI. The van der Waals surface area contributed by atoms with E-state index in [-0.39, 0.29) is 0 Å². The Morgan fingerprint density at radius 2 is 2.18 bits per heavy atom. The number of hydrogen-bond acceptors (Lipinski definition) is 0. The second-order valence-electron chi connectivity index (χ2n) is 2.41. The van der Waals surface area contributed by atoms with Crippen LogP contribution in [0.25, 0.3) is 0 Å². The lowest BCUT2D eigenvalue weighted by atomic mass is 10.1. The molecule has 0 saturated carbocycles. The summed E-state index contributed by atoms with van der Waals surface area (Å²) in [6.45, 7) is 2.17. The van der Waals surface area contributed by atoms with Gasteiger partial charge in [0.05, 0.1) is 0 Å². The lowest BCUT2D eigenvalue weighted by Gasteiger charge is -2.02. The van der Waals surface area contributed by atoms with Crippen molar-refractivity contribution in [2.24, 2.45) is 0 Å². The predicted octanol–water partition coefficient (Wildman–Crippen LogP) is 3.95. The molecule has 0 unspecified atom stereocenters. The molecular weight excluding hydrogens is 315 g/mol. The van der Waals surface area contributed by atoms with E-state index in [0.29, 0.717) is 0 Å². The highest BCUT2D eigenvalue weighted by atomic mass is 127. The zero-order chi connectivity index (χ0) is 8.27. The Morgan fingerprint density at radius 1 is 1.45 bits per heavy atom. The molecule has 0 spiro atoms. The van der Waals surface area contributed by atoms with Crippen molar-refractivity contribution in [2.45, 2.75) is 17.8 Å². The van der Waals surface area contributed by atoms with Crippen molar-refractivity contribution >= 4 is 38.5 Å². The molecule has 1 aromatic carbocycles. The van der Waals surface area contributed by atoms with E-state index in [1.54, 1.807) is 0 Å². The number of aryl methyl sites for hydroxylation is 1. The summed E-state index contributed by atoms with van der Waals surface area (Å²) in [7, 11) is 0. The van der Waals surface area contributed by atoms with E-state index in [4.69, 9.17) is 0 Å². The fraction of sp³-hybridized carbons (Fsp3) is 0.333. The molecule has 1 aromatic rings. The van der Waals surface area contributed by atoms with E-state index in [1.807, 2.05) is 0 Å². The first-order valence-corrected chi connectivity index (χ1v) is 5.93. The van der Waals surface area contributed by atoms with Crippen LogP contribution >= 0.6 is 38.5 Å². The number of alkyl halides is 1. The van der Waals surface area contributed by atoms with Gasteiger partial charge in [0, 0.05) is 8.90 Å². The highest BCUT2D eigenvalue weighted by molar-refractivity contribution is 14.1. The molecule has 11 heavy (non-hydrogen) atoms. The summed E-state index contributed by atoms with van der Waals surface area (Å²) in [5, 5.41) is 0. The number of benzene rings is 1. The molecule has 1 rings (SSSR count). The van der Waals surface area contributed by atoms with Crippen LogP contribution in [-0.4, -0.2) is 0 Å². The topological polar surface area (TPSA) is 0 Å². The van der Waals surface area contributed by atoms with Crippen LogP contribution < -0.4 is 0 Å². The van der Waals surface area contributed by atoms with E-state index in [2.05, 4.69) is 63.6 Å². The standard InChI is InChI=1S/C9H10BrI/c1-2-7-3-4-8(6-11)9(10)5-7/h3-5H,2,6H2,1H3.